The molecule has 0 amide bonds. The Kier molecular flexibility index (Phi) is 5.04. The molecule has 0 bridgehead atoms. The number of hydrogen-bond donors (Lipinski definition) is 0. The highest BCUT2D eigenvalue weighted by Gasteiger charge is 2.19. The number of pyridine rings is 1. The monoisotopic (exact) mass is 382 g/mol. The van der Waals surface area contributed by atoms with E-state index in [2.05, 4.69) is 9.97 Å². The number of carbonyl (C=O) groups is 1. The summed E-state index contributed by atoms with van der Waals surface area (Å²) < 4.78 is 10.5. The van der Waals surface area contributed by atoms with Crippen molar-refractivity contribution in [1.29, 1.82) is 0 Å². The number of ether oxygens (including phenoxy) is 1. The lowest BCUT2D eigenvalue weighted by Crippen LogP contribution is -2.08. The minimum absolute atomic E-state index is 0.0492. The Hall–Kier alpha value is -2.08. The van der Waals surface area contributed by atoms with Gasteiger partial charge < -0.3 is 9.15 Å². The third-order valence-corrected chi connectivity index (χ3v) is 4.27. The average molecular weight is 384 g/mol. The zero-order valence-electron chi connectivity index (χ0n) is 12.0. The molecule has 3 rings (SSSR count). The summed E-state index contributed by atoms with van der Waals surface area (Å²) in [6, 6.07) is 9.36. The molecule has 122 valence electrons. The lowest BCUT2D eigenvalue weighted by Gasteiger charge is -2.05. The minimum Gasteiger partial charge on any atom is -0.454 e. The fraction of sp³-hybridized carbons (Fsp3) is 0.0625. The lowest BCUT2D eigenvalue weighted by atomic mass is 10.2. The van der Waals surface area contributed by atoms with Gasteiger partial charge in [-0.05, 0) is 12.1 Å². The first-order valence-electron chi connectivity index (χ1n) is 6.72. The fourth-order valence-electron chi connectivity index (χ4n) is 1.88. The van der Waals surface area contributed by atoms with E-state index in [-0.39, 0.29) is 27.4 Å². The summed E-state index contributed by atoms with van der Waals surface area (Å²) in [5.41, 5.74) is 1.17. The minimum atomic E-state index is -0.733. The molecule has 2 heterocycles. The Bertz CT molecular complexity index is 882. The molecule has 0 unspecified atom stereocenters. The maximum Gasteiger partial charge on any atom is 0.358 e. The van der Waals surface area contributed by atoms with Gasteiger partial charge in [0.25, 0.3) is 0 Å². The van der Waals surface area contributed by atoms with Crippen LogP contribution in [0.3, 0.4) is 0 Å². The second-order valence-corrected chi connectivity index (χ2v) is 5.83. The van der Waals surface area contributed by atoms with Gasteiger partial charge in [-0.15, -0.1) is 0 Å². The molecule has 0 spiro atoms. The molecule has 0 saturated carbocycles. The SMILES string of the molecule is O=C(OCc1coc(-c2ccccc2)n1)c1ncc(Cl)c(Cl)c1Cl. The number of carbonyl (C=O) groups excluding carboxylic acids is 1. The van der Waals surface area contributed by atoms with E-state index in [9.17, 15) is 4.79 Å². The van der Waals surface area contributed by atoms with Crippen molar-refractivity contribution in [2.75, 3.05) is 0 Å². The van der Waals surface area contributed by atoms with E-state index in [0.29, 0.717) is 11.6 Å². The summed E-state index contributed by atoms with van der Waals surface area (Å²) in [5, 5.41) is 0.148. The zero-order chi connectivity index (χ0) is 17.1. The van der Waals surface area contributed by atoms with Crippen molar-refractivity contribution >= 4 is 40.8 Å². The Balaban J connectivity index is 1.69. The molecule has 8 heteroatoms. The second-order valence-electron chi connectivity index (χ2n) is 4.67. The quantitative estimate of drug-likeness (QED) is 0.590. The molecule has 0 atom stereocenters. The third-order valence-electron chi connectivity index (χ3n) is 3.03. The Morgan fingerprint density at radius 2 is 1.88 bits per heavy atom. The van der Waals surface area contributed by atoms with Gasteiger partial charge in [-0.1, -0.05) is 53.0 Å². The van der Waals surface area contributed by atoms with Gasteiger partial charge in [0.15, 0.2) is 5.69 Å². The van der Waals surface area contributed by atoms with Gasteiger partial charge in [0.05, 0.1) is 15.1 Å². The van der Waals surface area contributed by atoms with E-state index >= 15 is 0 Å². The summed E-state index contributed by atoms with van der Waals surface area (Å²) >= 11 is 17.6. The van der Waals surface area contributed by atoms with E-state index in [1.165, 1.54) is 12.5 Å². The number of nitrogens with zero attached hydrogens (tertiary/aromatic N) is 2. The standard InChI is InChI=1S/C16H9Cl3N2O3/c17-11-6-20-14(13(19)12(11)18)16(22)24-8-10-7-23-15(21-10)9-4-2-1-3-5-9/h1-7H,8H2. The molecule has 0 N–H and O–H groups in total. The van der Waals surface area contributed by atoms with Crippen molar-refractivity contribution in [2.45, 2.75) is 6.61 Å². The van der Waals surface area contributed by atoms with Crippen LogP contribution in [0.1, 0.15) is 16.2 Å². The smallest absolute Gasteiger partial charge is 0.358 e. The van der Waals surface area contributed by atoms with Crippen LogP contribution in [0.15, 0.2) is 47.2 Å². The van der Waals surface area contributed by atoms with Gasteiger partial charge in [-0.2, -0.15) is 0 Å². The van der Waals surface area contributed by atoms with E-state index in [4.69, 9.17) is 44.0 Å². The Morgan fingerprint density at radius 3 is 2.62 bits per heavy atom. The first-order valence-corrected chi connectivity index (χ1v) is 7.86. The van der Waals surface area contributed by atoms with Crippen LogP contribution in [-0.2, 0) is 11.3 Å². The molecule has 24 heavy (non-hydrogen) atoms. The molecule has 0 aliphatic heterocycles. The first kappa shape index (κ1) is 16.8. The van der Waals surface area contributed by atoms with E-state index in [0.717, 1.165) is 5.56 Å². The number of hydrogen-bond acceptors (Lipinski definition) is 5. The van der Waals surface area contributed by atoms with Crippen LogP contribution in [-0.4, -0.2) is 15.9 Å². The fourth-order valence-corrected chi connectivity index (χ4v) is 2.44. The van der Waals surface area contributed by atoms with Crippen LogP contribution in [0.25, 0.3) is 11.5 Å². The highest BCUT2D eigenvalue weighted by molar-refractivity contribution is 6.48. The van der Waals surface area contributed by atoms with Crippen molar-refractivity contribution in [2.24, 2.45) is 0 Å². The van der Waals surface area contributed by atoms with E-state index in [1.54, 1.807) is 0 Å². The number of oxazole rings is 1. The molecule has 0 saturated heterocycles. The Morgan fingerprint density at radius 1 is 1.12 bits per heavy atom. The van der Waals surface area contributed by atoms with Gasteiger partial charge in [0.1, 0.15) is 18.6 Å². The van der Waals surface area contributed by atoms with Crippen LogP contribution in [0.4, 0.5) is 0 Å². The van der Waals surface area contributed by atoms with E-state index < -0.39 is 5.97 Å². The summed E-state index contributed by atoms with van der Waals surface area (Å²) in [6.45, 7) is -0.0899. The van der Waals surface area contributed by atoms with Crippen molar-refractivity contribution in [3.63, 3.8) is 0 Å². The number of esters is 1. The van der Waals surface area contributed by atoms with Gasteiger partial charge in [0, 0.05) is 11.8 Å². The maximum atomic E-state index is 12.0. The highest BCUT2D eigenvalue weighted by Crippen LogP contribution is 2.31. The summed E-state index contributed by atoms with van der Waals surface area (Å²) in [5.74, 6) is -0.296. The molecular formula is C16H9Cl3N2O3. The molecule has 1 aromatic carbocycles. The van der Waals surface area contributed by atoms with Crippen LogP contribution < -0.4 is 0 Å². The predicted molar refractivity (Wildman–Crippen MR) is 90.3 cm³/mol. The number of aromatic nitrogens is 2. The molecule has 5 nitrogen and oxygen atoms in total. The normalized spacial score (nSPS) is 10.6. The second kappa shape index (κ2) is 7.21. The van der Waals surface area contributed by atoms with Crippen molar-refractivity contribution in [1.82, 2.24) is 9.97 Å². The summed E-state index contributed by atoms with van der Waals surface area (Å²) in [7, 11) is 0. The molecule has 0 fully saturated rings. The number of halogens is 3. The van der Waals surface area contributed by atoms with Crippen molar-refractivity contribution in [3.8, 4) is 11.5 Å². The summed E-state index contributed by atoms with van der Waals surface area (Å²) in [6.07, 6.45) is 2.65. The van der Waals surface area contributed by atoms with Crippen molar-refractivity contribution < 1.29 is 13.9 Å². The predicted octanol–water partition coefficient (Wildman–Crippen LogP) is 5.05. The topological polar surface area (TPSA) is 65.2 Å². The molecule has 0 aliphatic carbocycles. The molecule has 0 aliphatic rings. The number of rotatable bonds is 4. The molecule has 3 aromatic rings. The summed E-state index contributed by atoms with van der Waals surface area (Å²) in [4.78, 5) is 20.1. The maximum absolute atomic E-state index is 12.0. The lowest BCUT2D eigenvalue weighted by molar-refractivity contribution is 0.0461. The van der Waals surface area contributed by atoms with Crippen LogP contribution in [0.5, 0.6) is 0 Å². The van der Waals surface area contributed by atoms with E-state index in [1.807, 2.05) is 30.3 Å². The van der Waals surface area contributed by atoms with Crippen LogP contribution >= 0.6 is 34.8 Å². The van der Waals surface area contributed by atoms with Crippen LogP contribution in [0.2, 0.25) is 15.1 Å². The number of benzene rings is 1. The molecular weight excluding hydrogens is 375 g/mol. The molecule has 0 radical (unpaired) electrons. The van der Waals surface area contributed by atoms with Crippen LogP contribution in [0, 0.1) is 0 Å². The van der Waals surface area contributed by atoms with Crippen molar-refractivity contribution in [3.05, 3.63) is 69.2 Å². The Labute approximate surface area is 152 Å². The van der Waals surface area contributed by atoms with Gasteiger partial charge >= 0.3 is 5.97 Å². The molecule has 2 aromatic heterocycles. The largest absolute Gasteiger partial charge is 0.454 e. The third kappa shape index (κ3) is 3.53. The van der Waals surface area contributed by atoms with Gasteiger partial charge in [-0.3, -0.25) is 0 Å². The zero-order valence-corrected chi connectivity index (χ0v) is 14.3. The van der Waals surface area contributed by atoms with Gasteiger partial charge in [-0.25, -0.2) is 14.8 Å². The average Bonchev–Trinajstić information content (AvgIpc) is 3.07. The highest BCUT2D eigenvalue weighted by atomic mass is 35.5. The van der Waals surface area contributed by atoms with Gasteiger partial charge in [0.2, 0.25) is 5.89 Å². The first-order chi connectivity index (χ1) is 11.6.